The molecule has 0 bridgehead atoms. The van der Waals surface area contributed by atoms with Crippen molar-refractivity contribution in [2.45, 2.75) is 17.4 Å². The second-order valence-corrected chi connectivity index (χ2v) is 8.15. The summed E-state index contributed by atoms with van der Waals surface area (Å²) in [4.78, 5) is 12.2. The molecule has 1 aromatic carbocycles. The van der Waals surface area contributed by atoms with Crippen LogP contribution in [0.1, 0.15) is 6.42 Å². The standard InChI is InChI=1S/C14H14Cl2N4O3S.ClH/c15-12-7-18-20(14(21)13(12)16)10-1-3-11(4-2-10)24(22,23)19-6-5-9(17)8-19;/h1-4,7,9H,5-6,8,17H2;1H/t9-;/m1./s1. The van der Waals surface area contributed by atoms with Crippen LogP contribution in [0.5, 0.6) is 0 Å². The molecule has 2 heterocycles. The second-order valence-electron chi connectivity index (χ2n) is 5.43. The van der Waals surface area contributed by atoms with Crippen LogP contribution in [0, 0.1) is 0 Å². The van der Waals surface area contributed by atoms with E-state index in [2.05, 4.69) is 5.10 Å². The molecule has 0 unspecified atom stereocenters. The first kappa shape index (κ1) is 20.2. The Bertz CT molecular complexity index is 931. The number of hydrogen-bond acceptors (Lipinski definition) is 5. The number of nitrogens with two attached hydrogens (primary N) is 1. The lowest BCUT2D eigenvalue weighted by Gasteiger charge is -2.16. The topological polar surface area (TPSA) is 98.3 Å². The Hall–Kier alpha value is -1.16. The minimum Gasteiger partial charge on any atom is -0.326 e. The lowest BCUT2D eigenvalue weighted by molar-refractivity contribution is 0.472. The van der Waals surface area contributed by atoms with Crippen molar-refractivity contribution in [2.75, 3.05) is 13.1 Å². The van der Waals surface area contributed by atoms with Gasteiger partial charge in [-0.05, 0) is 30.7 Å². The fourth-order valence-corrected chi connectivity index (χ4v) is 4.24. The Kier molecular flexibility index (Phi) is 6.13. The van der Waals surface area contributed by atoms with Gasteiger partial charge in [0, 0.05) is 19.1 Å². The number of hydrogen-bond donors (Lipinski definition) is 1. The average Bonchev–Trinajstić information content (AvgIpc) is 3.00. The summed E-state index contributed by atoms with van der Waals surface area (Å²) < 4.78 is 27.5. The summed E-state index contributed by atoms with van der Waals surface area (Å²) >= 11 is 11.6. The molecule has 25 heavy (non-hydrogen) atoms. The number of halogens is 3. The van der Waals surface area contributed by atoms with Crippen LogP contribution in [0.15, 0.2) is 40.2 Å². The van der Waals surface area contributed by atoms with Crippen LogP contribution in [0.3, 0.4) is 0 Å². The van der Waals surface area contributed by atoms with Gasteiger partial charge in [0.2, 0.25) is 10.0 Å². The first-order valence-corrected chi connectivity index (χ1v) is 9.30. The van der Waals surface area contributed by atoms with E-state index in [4.69, 9.17) is 28.9 Å². The zero-order valence-corrected chi connectivity index (χ0v) is 15.9. The number of nitrogens with zero attached hydrogens (tertiary/aromatic N) is 3. The molecule has 2 aromatic rings. The molecule has 3 rings (SSSR count). The highest BCUT2D eigenvalue weighted by Gasteiger charge is 2.30. The number of aromatic nitrogens is 2. The largest absolute Gasteiger partial charge is 0.326 e. The third-order valence-electron chi connectivity index (χ3n) is 3.78. The summed E-state index contributed by atoms with van der Waals surface area (Å²) in [6, 6.07) is 5.68. The molecule has 2 N–H and O–H groups in total. The predicted molar refractivity (Wildman–Crippen MR) is 98.5 cm³/mol. The van der Waals surface area contributed by atoms with Gasteiger partial charge < -0.3 is 5.73 Å². The lowest BCUT2D eigenvalue weighted by Crippen LogP contribution is -2.32. The molecule has 7 nitrogen and oxygen atoms in total. The summed E-state index contributed by atoms with van der Waals surface area (Å²) in [7, 11) is -3.60. The van der Waals surface area contributed by atoms with Gasteiger partial charge in [0.05, 0.1) is 21.8 Å². The zero-order chi connectivity index (χ0) is 17.5. The maximum Gasteiger partial charge on any atom is 0.291 e. The quantitative estimate of drug-likeness (QED) is 0.807. The highest BCUT2D eigenvalue weighted by atomic mass is 35.5. The van der Waals surface area contributed by atoms with Gasteiger partial charge in [0.1, 0.15) is 5.02 Å². The summed E-state index contributed by atoms with van der Waals surface area (Å²) in [6.07, 6.45) is 1.89. The van der Waals surface area contributed by atoms with E-state index in [-0.39, 0.29) is 33.4 Å². The third kappa shape index (κ3) is 3.84. The van der Waals surface area contributed by atoms with Gasteiger partial charge in [-0.2, -0.15) is 14.1 Å². The number of benzene rings is 1. The minimum atomic E-state index is -3.60. The molecule has 1 saturated heterocycles. The third-order valence-corrected chi connectivity index (χ3v) is 6.41. The summed E-state index contributed by atoms with van der Waals surface area (Å²) in [5.41, 5.74) is 5.57. The first-order chi connectivity index (χ1) is 11.3. The number of rotatable bonds is 3. The van der Waals surface area contributed by atoms with Gasteiger partial charge in [-0.15, -0.1) is 12.4 Å². The maximum absolute atomic E-state index is 12.5. The van der Waals surface area contributed by atoms with Crippen molar-refractivity contribution in [3.05, 3.63) is 50.9 Å². The van der Waals surface area contributed by atoms with E-state index in [0.29, 0.717) is 25.2 Å². The normalized spacial score (nSPS) is 18.1. The molecule has 136 valence electrons. The van der Waals surface area contributed by atoms with Crippen LogP contribution in [0.25, 0.3) is 5.69 Å². The Morgan fingerprint density at radius 1 is 1.20 bits per heavy atom. The van der Waals surface area contributed by atoms with Crippen molar-refractivity contribution < 1.29 is 8.42 Å². The van der Waals surface area contributed by atoms with Gasteiger partial charge >= 0.3 is 0 Å². The summed E-state index contributed by atoms with van der Waals surface area (Å²) in [5.74, 6) is 0. The average molecular weight is 426 g/mol. The Balaban J connectivity index is 0.00000225. The van der Waals surface area contributed by atoms with Crippen molar-refractivity contribution in [1.82, 2.24) is 14.1 Å². The summed E-state index contributed by atoms with van der Waals surface area (Å²) in [6.45, 7) is 0.705. The van der Waals surface area contributed by atoms with E-state index in [1.807, 2.05) is 0 Å². The fraction of sp³-hybridized carbons (Fsp3) is 0.286. The Labute approximate surface area is 160 Å². The van der Waals surface area contributed by atoms with Crippen molar-refractivity contribution in [1.29, 1.82) is 0 Å². The van der Waals surface area contributed by atoms with Crippen molar-refractivity contribution in [2.24, 2.45) is 5.73 Å². The van der Waals surface area contributed by atoms with E-state index in [1.165, 1.54) is 34.8 Å². The zero-order valence-electron chi connectivity index (χ0n) is 12.8. The van der Waals surface area contributed by atoms with Crippen LogP contribution in [0.4, 0.5) is 0 Å². The molecule has 0 amide bonds. The molecular weight excluding hydrogens is 411 g/mol. The van der Waals surface area contributed by atoms with Crippen molar-refractivity contribution in [3.63, 3.8) is 0 Å². The second kappa shape index (κ2) is 7.61. The van der Waals surface area contributed by atoms with E-state index >= 15 is 0 Å². The Morgan fingerprint density at radius 3 is 2.40 bits per heavy atom. The molecule has 1 aromatic heterocycles. The van der Waals surface area contributed by atoms with Crippen molar-refractivity contribution in [3.8, 4) is 5.69 Å². The van der Waals surface area contributed by atoms with Gasteiger partial charge in [-0.25, -0.2) is 8.42 Å². The first-order valence-electron chi connectivity index (χ1n) is 7.10. The Morgan fingerprint density at radius 2 is 1.84 bits per heavy atom. The molecule has 0 spiro atoms. The van der Waals surface area contributed by atoms with Gasteiger partial charge in [0.15, 0.2) is 0 Å². The van der Waals surface area contributed by atoms with Crippen LogP contribution in [-0.2, 0) is 10.0 Å². The molecule has 1 fully saturated rings. The van der Waals surface area contributed by atoms with Crippen LogP contribution < -0.4 is 11.3 Å². The van der Waals surface area contributed by atoms with Crippen molar-refractivity contribution >= 4 is 45.6 Å². The van der Waals surface area contributed by atoms with E-state index in [0.717, 1.165) is 4.68 Å². The van der Waals surface area contributed by atoms with E-state index in [9.17, 15) is 13.2 Å². The lowest BCUT2D eigenvalue weighted by atomic mass is 10.3. The predicted octanol–water partition coefficient (Wildman–Crippen LogP) is 1.68. The van der Waals surface area contributed by atoms with Gasteiger partial charge in [-0.1, -0.05) is 23.2 Å². The highest BCUT2D eigenvalue weighted by Crippen LogP contribution is 2.22. The van der Waals surface area contributed by atoms with Crippen LogP contribution >= 0.6 is 35.6 Å². The molecule has 11 heteroatoms. The monoisotopic (exact) mass is 424 g/mol. The summed E-state index contributed by atoms with van der Waals surface area (Å²) in [5, 5.41) is 3.81. The van der Waals surface area contributed by atoms with Crippen LogP contribution in [-0.4, -0.2) is 41.6 Å². The smallest absolute Gasteiger partial charge is 0.291 e. The molecular formula is C14H15Cl3N4O3S. The molecule has 0 radical (unpaired) electrons. The maximum atomic E-state index is 12.5. The SMILES string of the molecule is Cl.N[C@@H]1CCN(S(=O)(=O)c2ccc(-n3ncc(Cl)c(Cl)c3=O)cc2)C1. The van der Waals surface area contributed by atoms with E-state index in [1.54, 1.807) is 0 Å². The fourth-order valence-electron chi connectivity index (χ4n) is 2.48. The minimum absolute atomic E-state index is 0. The molecule has 1 aliphatic heterocycles. The van der Waals surface area contributed by atoms with Crippen LogP contribution in [0.2, 0.25) is 10.0 Å². The molecule has 0 aliphatic carbocycles. The van der Waals surface area contributed by atoms with Gasteiger partial charge in [-0.3, -0.25) is 4.79 Å². The molecule has 0 saturated carbocycles. The van der Waals surface area contributed by atoms with Gasteiger partial charge in [0.25, 0.3) is 5.56 Å². The molecule has 1 atom stereocenters. The molecule has 1 aliphatic rings. The highest BCUT2D eigenvalue weighted by molar-refractivity contribution is 7.89. The number of sulfonamides is 1. The van der Waals surface area contributed by atoms with E-state index < -0.39 is 15.6 Å².